The third-order valence-electron chi connectivity index (χ3n) is 4.35. The zero-order valence-electron chi connectivity index (χ0n) is 15.6. The smallest absolute Gasteiger partial charge is 0.418 e. The largest absolute Gasteiger partial charge is 0.460 e. The number of halogens is 3. The molecule has 0 radical (unpaired) electrons. The summed E-state index contributed by atoms with van der Waals surface area (Å²) < 4.78 is 50.4. The fourth-order valence-corrected chi connectivity index (χ4v) is 2.96. The van der Waals surface area contributed by atoms with Crippen LogP contribution in [0.25, 0.3) is 11.2 Å². The lowest BCUT2D eigenvalue weighted by Gasteiger charge is -2.20. The van der Waals surface area contributed by atoms with Crippen LogP contribution < -0.4 is 15.8 Å². The van der Waals surface area contributed by atoms with Gasteiger partial charge in [-0.2, -0.15) is 0 Å². The normalized spacial score (nSPS) is 12.0. The molecule has 0 saturated carbocycles. The molecule has 3 aromatic heterocycles. The standard InChI is InChI=1S/C20H13F3N4O4/c21-9-30-14-5-3-10(8-12(14)23)16(17-11(22)2-1-7-24-17)26-19(28)13-4-6-15-18(25-13)27-20(29)31-15/h1-8,16H,9H2,(H,26,28)(H,25,27,29)/t16-/m0/s1. The Balaban J connectivity index is 1.72. The molecule has 1 amide bonds. The van der Waals surface area contributed by atoms with Gasteiger partial charge in [-0.1, -0.05) is 6.07 Å². The van der Waals surface area contributed by atoms with E-state index in [1.54, 1.807) is 0 Å². The van der Waals surface area contributed by atoms with Crippen molar-refractivity contribution in [3.05, 3.63) is 87.8 Å². The zero-order valence-corrected chi connectivity index (χ0v) is 15.6. The molecule has 0 aliphatic heterocycles. The first-order valence-electron chi connectivity index (χ1n) is 8.85. The number of aromatic amines is 1. The third kappa shape index (κ3) is 4.10. The van der Waals surface area contributed by atoms with Gasteiger partial charge in [0.1, 0.15) is 17.2 Å². The number of hydrogen-bond donors (Lipinski definition) is 2. The number of nitrogens with zero attached hydrogens (tertiary/aromatic N) is 2. The number of carbonyl (C=O) groups excluding carboxylic acids is 1. The molecule has 1 aromatic carbocycles. The van der Waals surface area contributed by atoms with Gasteiger partial charge in [-0.05, 0) is 42.0 Å². The van der Waals surface area contributed by atoms with Gasteiger partial charge in [0.15, 0.2) is 22.8 Å². The van der Waals surface area contributed by atoms with Gasteiger partial charge in [0, 0.05) is 6.20 Å². The molecule has 31 heavy (non-hydrogen) atoms. The van der Waals surface area contributed by atoms with Crippen molar-refractivity contribution in [2.24, 2.45) is 0 Å². The van der Waals surface area contributed by atoms with E-state index in [1.807, 2.05) is 0 Å². The molecule has 4 rings (SSSR count). The van der Waals surface area contributed by atoms with Gasteiger partial charge in [-0.3, -0.25) is 14.8 Å². The molecule has 0 fully saturated rings. The van der Waals surface area contributed by atoms with Crippen molar-refractivity contribution in [3.8, 4) is 5.75 Å². The first-order chi connectivity index (χ1) is 15.0. The molecule has 158 valence electrons. The highest BCUT2D eigenvalue weighted by Gasteiger charge is 2.24. The van der Waals surface area contributed by atoms with Crippen molar-refractivity contribution in [2.75, 3.05) is 6.86 Å². The van der Waals surface area contributed by atoms with Crippen molar-refractivity contribution >= 4 is 17.1 Å². The molecule has 3 heterocycles. The van der Waals surface area contributed by atoms with Gasteiger partial charge in [0.05, 0.1) is 6.04 Å². The van der Waals surface area contributed by atoms with E-state index in [1.165, 1.54) is 30.5 Å². The molecule has 8 nitrogen and oxygen atoms in total. The summed E-state index contributed by atoms with van der Waals surface area (Å²) in [4.78, 5) is 34.4. The number of fused-ring (bicyclic) bond motifs is 1. The highest BCUT2D eigenvalue weighted by atomic mass is 19.1. The number of ether oxygens (including phenoxy) is 1. The SMILES string of the molecule is O=C(N[C@@H](c1ccc(OCF)c(F)c1)c1ncccc1F)c1ccc2oc(=O)[nH]c2n1. The van der Waals surface area contributed by atoms with Gasteiger partial charge in [0.2, 0.25) is 6.86 Å². The minimum absolute atomic E-state index is 0.0528. The second-order valence-electron chi connectivity index (χ2n) is 6.28. The minimum Gasteiger partial charge on any atom is -0.460 e. The summed E-state index contributed by atoms with van der Waals surface area (Å²) in [6.07, 6.45) is 1.31. The molecule has 4 aromatic rings. The molecular formula is C20H13F3N4O4. The third-order valence-corrected chi connectivity index (χ3v) is 4.35. The molecule has 0 unspecified atom stereocenters. The van der Waals surface area contributed by atoms with E-state index < -0.39 is 36.2 Å². The second-order valence-corrected chi connectivity index (χ2v) is 6.28. The zero-order chi connectivity index (χ0) is 22.0. The van der Waals surface area contributed by atoms with Crippen molar-refractivity contribution < 1.29 is 27.1 Å². The summed E-state index contributed by atoms with van der Waals surface area (Å²) in [6.45, 7) is -1.23. The van der Waals surface area contributed by atoms with E-state index in [0.717, 1.165) is 18.2 Å². The minimum atomic E-state index is -1.23. The highest BCUT2D eigenvalue weighted by molar-refractivity contribution is 5.94. The van der Waals surface area contributed by atoms with Crippen LogP contribution in [-0.4, -0.2) is 27.7 Å². The van der Waals surface area contributed by atoms with Gasteiger partial charge in [-0.15, -0.1) is 0 Å². The first kappa shape index (κ1) is 20.1. The average molecular weight is 430 g/mol. The molecular weight excluding hydrogens is 417 g/mol. The quantitative estimate of drug-likeness (QED) is 0.487. The van der Waals surface area contributed by atoms with Gasteiger partial charge in [-0.25, -0.2) is 22.9 Å². The van der Waals surface area contributed by atoms with E-state index in [0.29, 0.717) is 0 Å². The van der Waals surface area contributed by atoms with Crippen LogP contribution in [0.2, 0.25) is 0 Å². The molecule has 2 N–H and O–H groups in total. The number of benzene rings is 1. The fraction of sp³-hybridized carbons (Fsp3) is 0.100. The number of carbonyl (C=O) groups is 1. The summed E-state index contributed by atoms with van der Waals surface area (Å²) in [7, 11) is 0. The molecule has 0 aliphatic rings. The van der Waals surface area contributed by atoms with Gasteiger partial charge < -0.3 is 14.5 Å². The van der Waals surface area contributed by atoms with Crippen LogP contribution in [-0.2, 0) is 0 Å². The first-order valence-corrected chi connectivity index (χ1v) is 8.85. The number of H-pyrrole nitrogens is 1. The van der Waals surface area contributed by atoms with Crippen LogP contribution in [0.5, 0.6) is 5.75 Å². The van der Waals surface area contributed by atoms with Crippen molar-refractivity contribution in [3.63, 3.8) is 0 Å². The van der Waals surface area contributed by atoms with Crippen LogP contribution in [0.4, 0.5) is 13.2 Å². The number of oxazole rings is 1. The van der Waals surface area contributed by atoms with Crippen LogP contribution >= 0.6 is 0 Å². The monoisotopic (exact) mass is 430 g/mol. The van der Waals surface area contributed by atoms with Crippen molar-refractivity contribution in [1.82, 2.24) is 20.3 Å². The predicted octanol–water partition coefficient (Wildman–Crippen LogP) is 3.01. The van der Waals surface area contributed by atoms with E-state index >= 15 is 0 Å². The van der Waals surface area contributed by atoms with Crippen molar-refractivity contribution in [2.45, 2.75) is 6.04 Å². The van der Waals surface area contributed by atoms with E-state index in [2.05, 4.69) is 25.0 Å². The molecule has 0 saturated heterocycles. The van der Waals surface area contributed by atoms with E-state index in [-0.39, 0.29) is 33.9 Å². The maximum absolute atomic E-state index is 14.4. The maximum Gasteiger partial charge on any atom is 0.418 e. The Kier molecular flexibility index (Phi) is 5.39. The summed E-state index contributed by atoms with van der Waals surface area (Å²) >= 11 is 0. The van der Waals surface area contributed by atoms with Crippen molar-refractivity contribution in [1.29, 1.82) is 0 Å². The number of alkyl halides is 1. The number of hydrogen-bond acceptors (Lipinski definition) is 6. The van der Waals surface area contributed by atoms with Gasteiger partial charge in [0.25, 0.3) is 5.91 Å². The topological polar surface area (TPSA) is 110 Å². The number of aromatic nitrogens is 3. The van der Waals surface area contributed by atoms with Crippen LogP contribution in [0.15, 0.2) is 57.9 Å². The Bertz CT molecular complexity index is 1320. The Labute approximate surface area is 171 Å². The number of rotatable bonds is 6. The lowest BCUT2D eigenvalue weighted by molar-refractivity contribution is 0.0937. The number of nitrogens with one attached hydrogen (secondary N) is 2. The number of pyridine rings is 2. The fourth-order valence-electron chi connectivity index (χ4n) is 2.96. The van der Waals surface area contributed by atoms with Crippen LogP contribution in [0.1, 0.15) is 27.8 Å². The summed E-state index contributed by atoms with van der Waals surface area (Å²) in [6, 6.07) is 7.45. The molecule has 0 aliphatic carbocycles. The van der Waals surface area contributed by atoms with Gasteiger partial charge >= 0.3 is 5.76 Å². The molecule has 11 heteroatoms. The second kappa shape index (κ2) is 8.30. The Hall–Kier alpha value is -4.15. The highest BCUT2D eigenvalue weighted by Crippen LogP contribution is 2.27. The molecule has 0 bridgehead atoms. The Morgan fingerprint density at radius 2 is 2.03 bits per heavy atom. The lowest BCUT2D eigenvalue weighted by atomic mass is 10.0. The average Bonchev–Trinajstić information content (AvgIpc) is 3.13. The van der Waals surface area contributed by atoms with Crippen LogP contribution in [0.3, 0.4) is 0 Å². The summed E-state index contributed by atoms with van der Waals surface area (Å²) in [5, 5.41) is 2.55. The maximum atomic E-state index is 14.4. The van der Waals surface area contributed by atoms with Crippen LogP contribution in [0, 0.1) is 11.6 Å². The number of amides is 1. The predicted molar refractivity (Wildman–Crippen MR) is 101 cm³/mol. The Morgan fingerprint density at radius 1 is 1.19 bits per heavy atom. The van der Waals surface area contributed by atoms with E-state index in [4.69, 9.17) is 4.42 Å². The molecule has 0 spiro atoms. The lowest BCUT2D eigenvalue weighted by Crippen LogP contribution is -2.31. The Morgan fingerprint density at radius 3 is 2.77 bits per heavy atom. The summed E-state index contributed by atoms with van der Waals surface area (Å²) in [5.74, 6) is -3.46. The van der Waals surface area contributed by atoms with E-state index in [9.17, 15) is 22.8 Å². The molecule has 1 atom stereocenters. The summed E-state index contributed by atoms with van der Waals surface area (Å²) in [5.41, 5.74) is 0.0554.